The number of nitrogens with zero attached hydrogens (tertiary/aromatic N) is 4. The first kappa shape index (κ1) is 12.5. The van der Waals surface area contributed by atoms with Gasteiger partial charge in [0.1, 0.15) is 12.1 Å². The molecule has 2 aliphatic heterocycles. The Morgan fingerprint density at radius 1 is 1.33 bits per heavy atom. The van der Waals surface area contributed by atoms with Crippen molar-refractivity contribution in [2.24, 2.45) is 0 Å². The Bertz CT molecular complexity index is 682. The summed E-state index contributed by atoms with van der Waals surface area (Å²) in [5.41, 5.74) is 8.36. The van der Waals surface area contributed by atoms with E-state index in [-0.39, 0.29) is 12.6 Å². The van der Waals surface area contributed by atoms with Crippen LogP contribution in [0.15, 0.2) is 30.9 Å². The molecule has 2 unspecified atom stereocenters. The van der Waals surface area contributed by atoms with E-state index in [4.69, 9.17) is 10.5 Å². The minimum absolute atomic E-state index is 0.0120. The third-order valence-corrected chi connectivity index (χ3v) is 4.02. The predicted molar refractivity (Wildman–Crippen MR) is 75.2 cm³/mol. The van der Waals surface area contributed by atoms with Crippen molar-refractivity contribution in [2.45, 2.75) is 18.3 Å². The zero-order valence-corrected chi connectivity index (χ0v) is 11.2. The summed E-state index contributed by atoms with van der Waals surface area (Å²) in [4.78, 5) is 14.3. The monoisotopic (exact) mass is 287 g/mol. The van der Waals surface area contributed by atoms with Crippen LogP contribution in [0.25, 0.3) is 11.3 Å². The second-order valence-electron chi connectivity index (χ2n) is 5.37. The molecule has 0 radical (unpaired) electrons. The number of nitrogen functional groups attached to an aromatic ring is 1. The summed E-state index contributed by atoms with van der Waals surface area (Å²) in [6.45, 7) is 0.541. The van der Waals surface area contributed by atoms with Gasteiger partial charge in [-0.2, -0.15) is 0 Å². The Morgan fingerprint density at radius 3 is 2.90 bits per heavy atom. The molecule has 6 nitrogen and oxygen atoms in total. The van der Waals surface area contributed by atoms with Crippen LogP contribution in [0.3, 0.4) is 0 Å². The van der Waals surface area contributed by atoms with Crippen molar-refractivity contribution in [1.82, 2.24) is 15.0 Å². The summed E-state index contributed by atoms with van der Waals surface area (Å²) in [6.07, 6.45) is 5.14. The van der Waals surface area contributed by atoms with Crippen molar-refractivity contribution in [3.63, 3.8) is 0 Å². The normalized spacial score (nSPS) is 27.3. The highest BCUT2D eigenvalue weighted by atomic mass is 19.2. The first-order valence-electron chi connectivity index (χ1n) is 6.77. The lowest BCUT2D eigenvalue weighted by Gasteiger charge is -2.32. The average molecular weight is 287 g/mol. The molecule has 2 aromatic rings. The second kappa shape index (κ2) is 4.36. The van der Waals surface area contributed by atoms with Gasteiger partial charge in [0, 0.05) is 24.4 Å². The molecule has 2 bridgehead atoms. The zero-order valence-electron chi connectivity index (χ0n) is 11.2. The largest absolute Gasteiger partial charge is 0.382 e. The van der Waals surface area contributed by atoms with Gasteiger partial charge in [0.25, 0.3) is 0 Å². The summed E-state index contributed by atoms with van der Waals surface area (Å²) in [7, 11) is 0. The maximum absolute atomic E-state index is 14.3. The van der Waals surface area contributed by atoms with Crippen molar-refractivity contribution in [3.05, 3.63) is 30.9 Å². The molecule has 21 heavy (non-hydrogen) atoms. The van der Waals surface area contributed by atoms with E-state index in [0.29, 0.717) is 18.8 Å². The lowest BCUT2D eigenvalue weighted by atomic mass is 10.1. The molecule has 2 saturated heterocycles. The van der Waals surface area contributed by atoms with E-state index in [9.17, 15) is 4.39 Å². The summed E-state index contributed by atoms with van der Waals surface area (Å²) < 4.78 is 19.5. The molecular formula is C14H14FN5O. The average Bonchev–Trinajstić information content (AvgIpc) is 3.03. The third-order valence-electron chi connectivity index (χ3n) is 4.02. The number of fused-ring (bicyclic) bond motifs is 2. The highest BCUT2D eigenvalue weighted by Crippen LogP contribution is 2.45. The van der Waals surface area contributed by atoms with Gasteiger partial charge in [-0.3, -0.25) is 0 Å². The van der Waals surface area contributed by atoms with Crippen molar-refractivity contribution < 1.29 is 9.13 Å². The number of anilines is 2. The molecule has 2 aliphatic rings. The van der Waals surface area contributed by atoms with Gasteiger partial charge >= 0.3 is 0 Å². The van der Waals surface area contributed by atoms with Crippen LogP contribution in [-0.4, -0.2) is 40.0 Å². The van der Waals surface area contributed by atoms with Crippen molar-refractivity contribution in [3.8, 4) is 11.3 Å². The topological polar surface area (TPSA) is 77.2 Å². The van der Waals surface area contributed by atoms with Crippen molar-refractivity contribution in [1.29, 1.82) is 0 Å². The highest BCUT2D eigenvalue weighted by molar-refractivity contribution is 5.84. The van der Waals surface area contributed by atoms with Gasteiger partial charge in [0.05, 0.1) is 30.6 Å². The number of hydrogen-bond donors (Lipinski definition) is 1. The van der Waals surface area contributed by atoms with E-state index in [1.807, 2.05) is 11.0 Å². The van der Waals surface area contributed by atoms with Gasteiger partial charge in [0.2, 0.25) is 5.85 Å². The number of pyridine rings is 1. The zero-order chi connectivity index (χ0) is 14.4. The molecule has 2 fully saturated rings. The van der Waals surface area contributed by atoms with Gasteiger partial charge in [0.15, 0.2) is 0 Å². The van der Waals surface area contributed by atoms with Gasteiger partial charge in [-0.05, 0) is 12.1 Å². The summed E-state index contributed by atoms with van der Waals surface area (Å²) >= 11 is 0. The molecule has 108 valence electrons. The lowest BCUT2D eigenvalue weighted by Crippen LogP contribution is -2.41. The van der Waals surface area contributed by atoms with Crippen LogP contribution in [0.5, 0.6) is 0 Å². The molecule has 4 heterocycles. The van der Waals surface area contributed by atoms with Crippen LogP contribution < -0.4 is 10.6 Å². The summed E-state index contributed by atoms with van der Waals surface area (Å²) in [5, 5.41) is 0. The fourth-order valence-electron chi connectivity index (χ4n) is 3.10. The maximum atomic E-state index is 14.3. The van der Waals surface area contributed by atoms with E-state index in [0.717, 1.165) is 16.9 Å². The molecule has 2 atom stereocenters. The molecule has 0 aliphatic carbocycles. The standard InChI is InChI=1S/C14H14FN5O/c15-14-5-9(6-21-14)20(7-14)12-10(1-4-18-13(12)16)11-2-3-17-8-19-11/h1-4,8-9H,5-7H2,(H2,16,18). The Kier molecular flexibility index (Phi) is 2.58. The maximum Gasteiger partial charge on any atom is 0.229 e. The number of morpholine rings is 1. The van der Waals surface area contributed by atoms with Crippen LogP contribution in [0, 0.1) is 0 Å². The molecule has 0 spiro atoms. The number of nitrogens with two attached hydrogens (primary N) is 1. The number of halogens is 1. The van der Waals surface area contributed by atoms with Gasteiger partial charge in [-0.25, -0.2) is 19.3 Å². The Labute approximate surface area is 120 Å². The molecule has 0 saturated carbocycles. The van der Waals surface area contributed by atoms with E-state index in [1.165, 1.54) is 6.33 Å². The lowest BCUT2D eigenvalue weighted by molar-refractivity contribution is -0.100. The Hall–Kier alpha value is -2.28. The van der Waals surface area contributed by atoms with Crippen LogP contribution in [0.1, 0.15) is 6.42 Å². The minimum Gasteiger partial charge on any atom is -0.382 e. The fraction of sp³-hybridized carbons (Fsp3) is 0.357. The highest BCUT2D eigenvalue weighted by Gasteiger charge is 2.52. The molecule has 0 amide bonds. The van der Waals surface area contributed by atoms with Crippen LogP contribution in [0.2, 0.25) is 0 Å². The van der Waals surface area contributed by atoms with Crippen LogP contribution >= 0.6 is 0 Å². The molecule has 2 N–H and O–H groups in total. The minimum atomic E-state index is -1.57. The smallest absolute Gasteiger partial charge is 0.229 e. The first-order chi connectivity index (χ1) is 10.2. The van der Waals surface area contributed by atoms with E-state index < -0.39 is 5.85 Å². The van der Waals surface area contributed by atoms with E-state index in [1.54, 1.807) is 18.5 Å². The number of alkyl halides is 1. The predicted octanol–water partition coefficient (Wildman–Crippen LogP) is 1.40. The van der Waals surface area contributed by atoms with E-state index in [2.05, 4.69) is 15.0 Å². The number of ether oxygens (including phenoxy) is 1. The molecule has 7 heteroatoms. The quantitative estimate of drug-likeness (QED) is 0.899. The summed E-state index contributed by atoms with van der Waals surface area (Å²) in [6, 6.07) is 3.63. The van der Waals surface area contributed by atoms with Crippen molar-refractivity contribution >= 4 is 11.5 Å². The third kappa shape index (κ3) is 1.92. The van der Waals surface area contributed by atoms with Gasteiger partial charge in [-0.15, -0.1) is 0 Å². The van der Waals surface area contributed by atoms with Crippen LogP contribution in [0.4, 0.5) is 15.9 Å². The first-order valence-corrected chi connectivity index (χ1v) is 6.77. The summed E-state index contributed by atoms with van der Waals surface area (Å²) in [5.74, 6) is -1.20. The molecule has 4 rings (SSSR count). The van der Waals surface area contributed by atoms with E-state index >= 15 is 0 Å². The second-order valence-corrected chi connectivity index (χ2v) is 5.37. The van der Waals surface area contributed by atoms with Gasteiger partial charge in [-0.1, -0.05) is 0 Å². The molecule has 0 aromatic carbocycles. The number of rotatable bonds is 2. The number of aromatic nitrogens is 3. The number of hydrogen-bond acceptors (Lipinski definition) is 6. The van der Waals surface area contributed by atoms with Crippen LogP contribution in [-0.2, 0) is 4.74 Å². The molecular weight excluding hydrogens is 273 g/mol. The van der Waals surface area contributed by atoms with Gasteiger partial charge < -0.3 is 15.4 Å². The Morgan fingerprint density at radius 2 is 2.24 bits per heavy atom. The SMILES string of the molecule is Nc1nccc(-c2ccncn2)c1N1CC2(F)CC1CO2. The fourth-order valence-corrected chi connectivity index (χ4v) is 3.10. The Balaban J connectivity index is 1.82. The van der Waals surface area contributed by atoms with Crippen molar-refractivity contribution in [2.75, 3.05) is 23.8 Å². The molecule has 2 aromatic heterocycles.